The lowest BCUT2D eigenvalue weighted by molar-refractivity contribution is -0.00275. The van der Waals surface area contributed by atoms with Crippen LogP contribution in [0.2, 0.25) is 0 Å². The summed E-state index contributed by atoms with van der Waals surface area (Å²) in [6.07, 6.45) is 3.65. The first-order valence-corrected chi connectivity index (χ1v) is 10.3. The summed E-state index contributed by atoms with van der Waals surface area (Å²) < 4.78 is 16.4. The van der Waals surface area contributed by atoms with Crippen molar-refractivity contribution >= 4 is 5.91 Å². The van der Waals surface area contributed by atoms with Crippen LogP contribution in [0, 0.1) is 0 Å². The van der Waals surface area contributed by atoms with E-state index < -0.39 is 11.5 Å². The number of hydrogen-bond acceptors (Lipinski definition) is 6. The maximum absolute atomic E-state index is 12.5. The molecule has 2 N–H and O–H groups in total. The van der Waals surface area contributed by atoms with Gasteiger partial charge in [0.15, 0.2) is 11.5 Å². The van der Waals surface area contributed by atoms with Crippen LogP contribution in [0.4, 0.5) is 0 Å². The van der Waals surface area contributed by atoms with E-state index in [9.17, 15) is 9.59 Å². The molecule has 8 heteroatoms. The van der Waals surface area contributed by atoms with Crippen LogP contribution < -0.4 is 20.3 Å². The van der Waals surface area contributed by atoms with Crippen molar-refractivity contribution in [3.63, 3.8) is 0 Å². The number of carbonyl (C=O) groups excluding carboxylic acids is 1. The summed E-state index contributed by atoms with van der Waals surface area (Å²) in [7, 11) is 2.00. The van der Waals surface area contributed by atoms with Gasteiger partial charge in [-0.2, -0.15) is 0 Å². The van der Waals surface area contributed by atoms with Gasteiger partial charge in [-0.1, -0.05) is 6.07 Å². The van der Waals surface area contributed by atoms with Gasteiger partial charge in [-0.15, -0.1) is 0 Å². The lowest BCUT2D eigenvalue weighted by Gasteiger charge is -2.27. The fraction of sp³-hybridized carbons (Fsp3) is 0.455. The summed E-state index contributed by atoms with van der Waals surface area (Å²) in [6, 6.07) is 8.85. The largest absolute Gasteiger partial charge is 0.454 e. The predicted octanol–water partition coefficient (Wildman–Crippen LogP) is 2.03. The van der Waals surface area contributed by atoms with E-state index in [1.54, 1.807) is 18.2 Å². The van der Waals surface area contributed by atoms with Gasteiger partial charge in [-0.05, 0) is 56.1 Å². The molecule has 0 aliphatic carbocycles. The first-order valence-electron chi connectivity index (χ1n) is 10.3. The van der Waals surface area contributed by atoms with E-state index in [1.165, 1.54) is 6.42 Å². The quantitative estimate of drug-likeness (QED) is 0.722. The molecular formula is C22H27N3O5. The second-order valence-electron chi connectivity index (χ2n) is 7.78. The van der Waals surface area contributed by atoms with E-state index in [1.807, 2.05) is 19.2 Å². The van der Waals surface area contributed by atoms with Crippen LogP contribution in [0.15, 0.2) is 35.1 Å². The van der Waals surface area contributed by atoms with Crippen molar-refractivity contribution in [3.05, 3.63) is 57.5 Å². The number of fused-ring (bicyclic) bond motifs is 1. The fourth-order valence-corrected chi connectivity index (χ4v) is 3.77. The highest BCUT2D eigenvalue weighted by molar-refractivity contribution is 5.93. The number of likely N-dealkylation sites (N-methyl/N-ethyl adjacent to an activating group) is 1. The number of nitrogens with one attached hydrogen (secondary N) is 2. The Balaban J connectivity index is 1.32. The van der Waals surface area contributed by atoms with Gasteiger partial charge in [0.25, 0.3) is 11.5 Å². The molecule has 4 rings (SSSR count). The number of H-pyrrole nitrogens is 1. The number of rotatable bonds is 7. The van der Waals surface area contributed by atoms with Crippen LogP contribution in [-0.4, -0.2) is 48.9 Å². The van der Waals surface area contributed by atoms with Crippen LogP contribution in [0.3, 0.4) is 0 Å². The molecule has 1 fully saturated rings. The maximum atomic E-state index is 12.5. The first-order chi connectivity index (χ1) is 14.6. The molecule has 1 aromatic heterocycles. The molecular weight excluding hydrogens is 386 g/mol. The SMILES string of the molecule is CN(Cc1ccc(C(=O)NCc2ccc3c(c2)OCO3)c(=O)[nH]1)C[C@H]1CCCCO1. The van der Waals surface area contributed by atoms with E-state index in [4.69, 9.17) is 14.2 Å². The van der Waals surface area contributed by atoms with Crippen molar-refractivity contribution in [2.75, 3.05) is 27.0 Å². The first kappa shape index (κ1) is 20.4. The zero-order valence-electron chi connectivity index (χ0n) is 17.1. The summed E-state index contributed by atoms with van der Waals surface area (Å²) in [5.74, 6) is 0.938. The van der Waals surface area contributed by atoms with E-state index in [-0.39, 0.29) is 18.5 Å². The lowest BCUT2D eigenvalue weighted by atomic mass is 10.1. The van der Waals surface area contributed by atoms with Crippen LogP contribution in [0.25, 0.3) is 0 Å². The molecule has 2 aliphatic heterocycles. The number of aromatic amines is 1. The molecule has 0 radical (unpaired) electrons. The van der Waals surface area contributed by atoms with Gasteiger partial charge in [-0.25, -0.2) is 0 Å². The van der Waals surface area contributed by atoms with Crippen LogP contribution >= 0.6 is 0 Å². The van der Waals surface area contributed by atoms with Gasteiger partial charge in [0, 0.05) is 31.9 Å². The highest BCUT2D eigenvalue weighted by atomic mass is 16.7. The number of carbonyl (C=O) groups is 1. The summed E-state index contributed by atoms with van der Waals surface area (Å²) in [5.41, 5.74) is 1.34. The molecule has 3 heterocycles. The van der Waals surface area contributed by atoms with Crippen molar-refractivity contribution in [1.82, 2.24) is 15.2 Å². The Hall–Kier alpha value is -2.84. The van der Waals surface area contributed by atoms with Crippen LogP contribution in [0.1, 0.15) is 40.9 Å². The molecule has 2 aromatic rings. The van der Waals surface area contributed by atoms with Crippen molar-refractivity contribution in [2.24, 2.45) is 0 Å². The van der Waals surface area contributed by atoms with Gasteiger partial charge in [0.1, 0.15) is 5.56 Å². The monoisotopic (exact) mass is 413 g/mol. The third-order valence-corrected chi connectivity index (χ3v) is 5.33. The predicted molar refractivity (Wildman–Crippen MR) is 111 cm³/mol. The van der Waals surface area contributed by atoms with Gasteiger partial charge in [-0.3, -0.25) is 14.5 Å². The Morgan fingerprint density at radius 2 is 2.07 bits per heavy atom. The molecule has 0 spiro atoms. The van der Waals surface area contributed by atoms with Crippen molar-refractivity contribution in [2.45, 2.75) is 38.5 Å². The van der Waals surface area contributed by atoms with E-state index >= 15 is 0 Å². The third kappa shape index (κ3) is 5.01. The van der Waals surface area contributed by atoms with Crippen LogP contribution in [-0.2, 0) is 17.8 Å². The highest BCUT2D eigenvalue weighted by Gasteiger charge is 2.17. The van der Waals surface area contributed by atoms with E-state index in [0.717, 1.165) is 37.3 Å². The Bertz CT molecular complexity index is 952. The standard InChI is InChI=1S/C22H27N3O5/c1-25(13-17-4-2-3-9-28-17)12-16-6-7-18(22(27)24-16)21(26)23-11-15-5-8-19-20(10-15)30-14-29-19/h5-8,10,17H,2-4,9,11-14H2,1H3,(H,23,26)(H,24,27)/t17-/m1/s1. The number of benzene rings is 1. The molecule has 1 saturated heterocycles. The highest BCUT2D eigenvalue weighted by Crippen LogP contribution is 2.32. The maximum Gasteiger partial charge on any atom is 0.261 e. The summed E-state index contributed by atoms with van der Waals surface area (Å²) >= 11 is 0. The van der Waals surface area contributed by atoms with Crippen molar-refractivity contribution in [1.29, 1.82) is 0 Å². The number of nitrogens with zero attached hydrogens (tertiary/aromatic N) is 1. The molecule has 8 nitrogen and oxygen atoms in total. The average Bonchev–Trinajstić information content (AvgIpc) is 3.20. The second-order valence-corrected chi connectivity index (χ2v) is 7.78. The molecule has 2 aliphatic rings. The molecule has 1 aromatic carbocycles. The molecule has 0 saturated carbocycles. The zero-order valence-corrected chi connectivity index (χ0v) is 17.1. The zero-order chi connectivity index (χ0) is 20.9. The number of hydrogen-bond donors (Lipinski definition) is 2. The number of aromatic nitrogens is 1. The Morgan fingerprint density at radius 3 is 2.87 bits per heavy atom. The van der Waals surface area contributed by atoms with Gasteiger partial charge < -0.3 is 24.5 Å². The third-order valence-electron chi connectivity index (χ3n) is 5.33. The second kappa shape index (κ2) is 9.32. The number of ether oxygens (including phenoxy) is 3. The smallest absolute Gasteiger partial charge is 0.261 e. The molecule has 1 amide bonds. The van der Waals surface area contributed by atoms with E-state index in [0.29, 0.717) is 24.6 Å². The van der Waals surface area contributed by atoms with Crippen molar-refractivity contribution in [3.8, 4) is 11.5 Å². The summed E-state index contributed by atoms with van der Waals surface area (Å²) in [6.45, 7) is 2.73. The molecule has 1 atom stereocenters. The minimum atomic E-state index is -0.413. The minimum absolute atomic E-state index is 0.0951. The topological polar surface area (TPSA) is 92.9 Å². The van der Waals surface area contributed by atoms with Gasteiger partial charge in [0.2, 0.25) is 6.79 Å². The minimum Gasteiger partial charge on any atom is -0.454 e. The molecule has 0 bridgehead atoms. The fourth-order valence-electron chi connectivity index (χ4n) is 3.77. The normalized spacial score (nSPS) is 17.9. The Kier molecular flexibility index (Phi) is 6.35. The van der Waals surface area contributed by atoms with Crippen molar-refractivity contribution < 1.29 is 19.0 Å². The average molecular weight is 413 g/mol. The molecule has 0 unspecified atom stereocenters. The number of amides is 1. The van der Waals surface area contributed by atoms with E-state index in [2.05, 4.69) is 15.2 Å². The molecule has 160 valence electrons. The summed E-state index contributed by atoms with van der Waals surface area (Å²) in [4.78, 5) is 29.8. The Labute approximate surface area is 175 Å². The lowest BCUT2D eigenvalue weighted by Crippen LogP contribution is -2.34. The van der Waals surface area contributed by atoms with Gasteiger partial charge in [0.05, 0.1) is 6.10 Å². The van der Waals surface area contributed by atoms with Crippen LogP contribution in [0.5, 0.6) is 11.5 Å². The summed E-state index contributed by atoms with van der Waals surface area (Å²) in [5, 5.41) is 2.78. The Morgan fingerprint density at radius 1 is 1.20 bits per heavy atom. The van der Waals surface area contributed by atoms with Gasteiger partial charge >= 0.3 is 0 Å². The number of pyridine rings is 1. The molecule has 30 heavy (non-hydrogen) atoms.